The highest BCUT2D eigenvalue weighted by Gasteiger charge is 2.24. The molecule has 0 bridgehead atoms. The number of H-pyrrole nitrogens is 1. The van der Waals surface area contributed by atoms with Crippen molar-refractivity contribution in [3.8, 4) is 0 Å². The van der Waals surface area contributed by atoms with E-state index in [9.17, 15) is 9.59 Å². The number of aryl methyl sites for hydroxylation is 1. The van der Waals surface area contributed by atoms with Crippen LogP contribution >= 0.6 is 34.4 Å². The molecule has 1 unspecified atom stereocenters. The molecule has 6 rings (SSSR count). The highest BCUT2D eigenvalue weighted by atomic mass is 32.2. The van der Waals surface area contributed by atoms with Crippen molar-refractivity contribution >= 4 is 54.9 Å². The molecular weight excluding hydrogens is 472 g/mol. The summed E-state index contributed by atoms with van der Waals surface area (Å²) in [7, 11) is 0. The van der Waals surface area contributed by atoms with Crippen molar-refractivity contribution in [2.45, 2.75) is 75.2 Å². The molecular formula is C24H26N4O2S3. The summed E-state index contributed by atoms with van der Waals surface area (Å²) in [6.07, 6.45) is 8.70. The summed E-state index contributed by atoms with van der Waals surface area (Å²) < 4.78 is 1.92. The van der Waals surface area contributed by atoms with Crippen LogP contribution in [0.4, 0.5) is 0 Å². The number of thiophene rings is 2. The molecule has 0 saturated heterocycles. The quantitative estimate of drug-likeness (QED) is 0.289. The van der Waals surface area contributed by atoms with E-state index in [0.717, 1.165) is 65.1 Å². The number of hydrogen-bond donors (Lipinski definition) is 1. The number of thioether (sulfide) groups is 1. The molecule has 0 amide bonds. The van der Waals surface area contributed by atoms with Crippen molar-refractivity contribution in [2.24, 2.45) is 5.92 Å². The molecule has 2 aliphatic rings. The van der Waals surface area contributed by atoms with Crippen LogP contribution in [0, 0.1) is 5.92 Å². The van der Waals surface area contributed by atoms with E-state index in [-0.39, 0.29) is 17.2 Å². The minimum absolute atomic E-state index is 0.0333. The third-order valence-corrected chi connectivity index (χ3v) is 9.91. The first-order valence-corrected chi connectivity index (χ1v) is 14.4. The van der Waals surface area contributed by atoms with E-state index in [2.05, 4.69) is 11.9 Å². The zero-order valence-electron chi connectivity index (χ0n) is 18.6. The summed E-state index contributed by atoms with van der Waals surface area (Å²) in [5.74, 6) is 1.80. The highest BCUT2D eigenvalue weighted by molar-refractivity contribution is 7.98. The minimum atomic E-state index is -0.0333. The molecule has 172 valence electrons. The molecule has 6 nitrogen and oxygen atoms in total. The van der Waals surface area contributed by atoms with Gasteiger partial charge < -0.3 is 4.98 Å². The van der Waals surface area contributed by atoms with Crippen LogP contribution in [0.3, 0.4) is 0 Å². The summed E-state index contributed by atoms with van der Waals surface area (Å²) in [4.78, 5) is 42.0. The summed E-state index contributed by atoms with van der Waals surface area (Å²) in [6, 6.07) is 2.08. The monoisotopic (exact) mass is 498 g/mol. The maximum absolute atomic E-state index is 13.3. The first-order chi connectivity index (χ1) is 16.1. The lowest BCUT2D eigenvalue weighted by Gasteiger charge is -2.25. The molecule has 0 radical (unpaired) electrons. The smallest absolute Gasteiger partial charge is 0.263 e. The van der Waals surface area contributed by atoms with E-state index in [1.165, 1.54) is 40.0 Å². The molecule has 9 heteroatoms. The van der Waals surface area contributed by atoms with Crippen LogP contribution in [-0.2, 0) is 18.6 Å². The van der Waals surface area contributed by atoms with Gasteiger partial charge in [-0.05, 0) is 55.0 Å². The summed E-state index contributed by atoms with van der Waals surface area (Å²) in [5.41, 5.74) is 1.23. The van der Waals surface area contributed by atoms with Crippen LogP contribution in [0.25, 0.3) is 20.4 Å². The van der Waals surface area contributed by atoms with E-state index < -0.39 is 0 Å². The average Bonchev–Trinajstić information content (AvgIpc) is 3.42. The van der Waals surface area contributed by atoms with Gasteiger partial charge in [0, 0.05) is 10.9 Å². The van der Waals surface area contributed by atoms with E-state index >= 15 is 0 Å². The molecule has 33 heavy (non-hydrogen) atoms. The normalized spacial score (nSPS) is 19.4. The first-order valence-electron chi connectivity index (χ1n) is 11.7. The summed E-state index contributed by atoms with van der Waals surface area (Å²) in [6.45, 7) is 2.27. The van der Waals surface area contributed by atoms with Crippen LogP contribution < -0.4 is 11.1 Å². The van der Waals surface area contributed by atoms with Crippen molar-refractivity contribution in [1.82, 2.24) is 19.5 Å². The molecule has 4 heterocycles. The topological polar surface area (TPSA) is 80.6 Å². The van der Waals surface area contributed by atoms with Gasteiger partial charge in [-0.2, -0.15) is 0 Å². The van der Waals surface area contributed by atoms with Crippen LogP contribution in [0.5, 0.6) is 0 Å². The number of aromatic amines is 1. The fourth-order valence-electron chi connectivity index (χ4n) is 5.27. The molecule has 1 N–H and O–H groups in total. The number of nitrogens with zero attached hydrogens (tertiary/aromatic N) is 3. The maximum atomic E-state index is 13.3. The fraction of sp³-hybridized carbons (Fsp3) is 0.500. The van der Waals surface area contributed by atoms with Crippen molar-refractivity contribution in [2.75, 3.05) is 0 Å². The third-order valence-electron chi connectivity index (χ3n) is 6.99. The molecule has 1 fully saturated rings. The minimum Gasteiger partial charge on any atom is -0.309 e. The van der Waals surface area contributed by atoms with Gasteiger partial charge in [0.25, 0.3) is 11.1 Å². The van der Waals surface area contributed by atoms with Gasteiger partial charge in [-0.1, -0.05) is 37.9 Å². The lowest BCUT2D eigenvalue weighted by Crippen LogP contribution is -2.28. The molecule has 4 aromatic rings. The van der Waals surface area contributed by atoms with E-state index in [4.69, 9.17) is 9.97 Å². The van der Waals surface area contributed by atoms with Gasteiger partial charge in [-0.3, -0.25) is 14.2 Å². The van der Waals surface area contributed by atoms with E-state index in [1.807, 2.05) is 16.0 Å². The Balaban J connectivity index is 1.35. The predicted octanol–water partition coefficient (Wildman–Crippen LogP) is 5.68. The Hall–Kier alpha value is -1.97. The summed E-state index contributed by atoms with van der Waals surface area (Å²) >= 11 is 4.69. The number of fused-ring (bicyclic) bond motifs is 4. The first kappa shape index (κ1) is 21.6. The van der Waals surface area contributed by atoms with Crippen LogP contribution in [-0.4, -0.2) is 19.5 Å². The Morgan fingerprint density at radius 1 is 1.15 bits per heavy atom. The van der Waals surface area contributed by atoms with Crippen molar-refractivity contribution in [3.05, 3.63) is 48.4 Å². The number of rotatable bonds is 4. The summed E-state index contributed by atoms with van der Waals surface area (Å²) in [5, 5.41) is 4.17. The van der Waals surface area contributed by atoms with Gasteiger partial charge in [0.1, 0.15) is 15.5 Å². The highest BCUT2D eigenvalue weighted by Crippen LogP contribution is 2.36. The number of hydrogen-bond acceptors (Lipinski definition) is 7. The third kappa shape index (κ3) is 3.88. The lowest BCUT2D eigenvalue weighted by atomic mass is 9.89. The van der Waals surface area contributed by atoms with Gasteiger partial charge in [-0.15, -0.1) is 22.7 Å². The van der Waals surface area contributed by atoms with E-state index in [1.54, 1.807) is 11.3 Å². The number of aromatic nitrogens is 4. The van der Waals surface area contributed by atoms with Crippen LogP contribution in [0.15, 0.2) is 26.2 Å². The Bertz CT molecular complexity index is 1460. The molecule has 1 atom stereocenters. The Labute approximate surface area is 203 Å². The van der Waals surface area contributed by atoms with Crippen molar-refractivity contribution in [1.29, 1.82) is 0 Å². The molecule has 0 aliphatic heterocycles. The molecule has 2 aliphatic carbocycles. The van der Waals surface area contributed by atoms with Crippen molar-refractivity contribution < 1.29 is 0 Å². The second-order valence-electron chi connectivity index (χ2n) is 9.33. The lowest BCUT2D eigenvalue weighted by molar-refractivity contribution is 0.326. The van der Waals surface area contributed by atoms with Gasteiger partial charge in [0.15, 0.2) is 5.16 Å². The standard InChI is InChI=1S/C24H26N4O2S3/c1-13-7-8-15-17(11-13)33-22-19(15)20(29)25-18(26-22)12-32-24-27-21-16(9-10-31-21)23(30)28(24)14-5-3-2-4-6-14/h9-10,13-14H,2-8,11-12H2,1H3,(H,25,26,29). The van der Waals surface area contributed by atoms with Crippen LogP contribution in [0.1, 0.15) is 67.8 Å². The van der Waals surface area contributed by atoms with Gasteiger partial charge in [0.2, 0.25) is 0 Å². The number of nitrogens with one attached hydrogen (secondary N) is 1. The predicted molar refractivity (Wildman–Crippen MR) is 137 cm³/mol. The molecule has 0 spiro atoms. The SMILES string of the molecule is CC1CCc2c(sc3nc(CSc4nc5sccc5c(=O)n4C4CCCCC4)[nH]c(=O)c23)C1. The second-order valence-corrected chi connectivity index (χ2v) is 12.3. The molecule has 0 aromatic carbocycles. The van der Waals surface area contributed by atoms with Gasteiger partial charge in [0.05, 0.1) is 16.5 Å². The van der Waals surface area contributed by atoms with E-state index in [0.29, 0.717) is 22.9 Å². The Kier molecular flexibility index (Phi) is 5.66. The maximum Gasteiger partial charge on any atom is 0.263 e. The largest absolute Gasteiger partial charge is 0.309 e. The Morgan fingerprint density at radius 2 is 2.00 bits per heavy atom. The second kappa shape index (κ2) is 8.67. The van der Waals surface area contributed by atoms with Gasteiger partial charge >= 0.3 is 0 Å². The molecule has 4 aromatic heterocycles. The van der Waals surface area contributed by atoms with Crippen molar-refractivity contribution in [3.63, 3.8) is 0 Å². The Morgan fingerprint density at radius 3 is 2.85 bits per heavy atom. The zero-order valence-corrected chi connectivity index (χ0v) is 21.0. The zero-order chi connectivity index (χ0) is 22.5. The fourth-order valence-corrected chi connectivity index (χ4v) is 8.41. The molecule has 1 saturated carbocycles. The average molecular weight is 499 g/mol. The van der Waals surface area contributed by atoms with Gasteiger partial charge in [-0.25, -0.2) is 9.97 Å². The van der Waals surface area contributed by atoms with Crippen LogP contribution in [0.2, 0.25) is 0 Å².